The van der Waals surface area contributed by atoms with Crippen molar-refractivity contribution in [2.45, 2.75) is 0 Å². The van der Waals surface area contributed by atoms with Gasteiger partial charge < -0.3 is 24.6 Å². The predicted octanol–water partition coefficient (Wildman–Crippen LogP) is 3.60. The van der Waals surface area contributed by atoms with E-state index in [2.05, 4.69) is 21.2 Å². The molecule has 0 bridgehead atoms. The second-order valence-electron chi connectivity index (χ2n) is 6.41. The molecular formula is C20H21BrFN3O4. The van der Waals surface area contributed by atoms with Crippen LogP contribution in [0.3, 0.4) is 0 Å². The van der Waals surface area contributed by atoms with Crippen LogP contribution in [0, 0.1) is 5.82 Å². The van der Waals surface area contributed by atoms with Gasteiger partial charge in [0.05, 0.1) is 14.2 Å². The maximum atomic E-state index is 13.0. The van der Waals surface area contributed by atoms with Gasteiger partial charge in [-0.15, -0.1) is 0 Å². The third-order valence-corrected chi connectivity index (χ3v) is 5.42. The Kier molecular flexibility index (Phi) is 6.58. The van der Waals surface area contributed by atoms with Crippen LogP contribution in [0.2, 0.25) is 0 Å². The summed E-state index contributed by atoms with van der Waals surface area (Å²) >= 11 is 3.39. The van der Waals surface area contributed by atoms with Crippen molar-refractivity contribution in [3.8, 4) is 11.5 Å². The second kappa shape index (κ2) is 9.13. The van der Waals surface area contributed by atoms with E-state index < -0.39 is 0 Å². The minimum atomic E-state index is -0.365. The summed E-state index contributed by atoms with van der Waals surface area (Å²) in [5.74, 6) is 0.485. The molecule has 0 aromatic heterocycles. The number of halogens is 2. The summed E-state index contributed by atoms with van der Waals surface area (Å²) in [6.45, 7) is 1.58. The smallest absolute Gasteiger partial charge is 0.321 e. The van der Waals surface area contributed by atoms with Crippen LogP contribution in [0.1, 0.15) is 10.4 Å². The van der Waals surface area contributed by atoms with Gasteiger partial charge in [-0.1, -0.05) is 0 Å². The zero-order valence-corrected chi connectivity index (χ0v) is 17.7. The number of rotatable bonds is 4. The molecule has 0 aliphatic carbocycles. The third-order valence-electron chi connectivity index (χ3n) is 4.64. The number of hydrogen-bond acceptors (Lipinski definition) is 4. The number of methoxy groups -OCH3 is 2. The van der Waals surface area contributed by atoms with Gasteiger partial charge >= 0.3 is 6.03 Å². The van der Waals surface area contributed by atoms with Crippen LogP contribution in [0.4, 0.5) is 14.9 Å². The summed E-state index contributed by atoms with van der Waals surface area (Å²) in [5.41, 5.74) is 0.968. The van der Waals surface area contributed by atoms with Crippen molar-refractivity contribution in [1.29, 1.82) is 0 Å². The topological polar surface area (TPSA) is 71.1 Å². The first-order chi connectivity index (χ1) is 13.9. The van der Waals surface area contributed by atoms with E-state index in [1.807, 2.05) is 0 Å². The van der Waals surface area contributed by atoms with Gasteiger partial charge in [-0.3, -0.25) is 4.79 Å². The highest BCUT2D eigenvalue weighted by atomic mass is 79.9. The molecule has 1 N–H and O–H groups in total. The number of anilines is 1. The highest BCUT2D eigenvalue weighted by molar-refractivity contribution is 9.10. The van der Waals surface area contributed by atoms with Crippen molar-refractivity contribution in [1.82, 2.24) is 9.80 Å². The lowest BCUT2D eigenvalue weighted by Crippen LogP contribution is -2.51. The number of carbonyl (C=O) groups excluding carboxylic acids is 2. The van der Waals surface area contributed by atoms with Crippen LogP contribution >= 0.6 is 15.9 Å². The molecule has 0 atom stereocenters. The van der Waals surface area contributed by atoms with Crippen molar-refractivity contribution in [2.75, 3.05) is 45.7 Å². The molecule has 29 heavy (non-hydrogen) atoms. The molecule has 0 unspecified atom stereocenters. The van der Waals surface area contributed by atoms with E-state index in [-0.39, 0.29) is 17.8 Å². The molecule has 1 heterocycles. The Bertz CT molecular complexity index is 874. The second-order valence-corrected chi connectivity index (χ2v) is 7.20. The number of amides is 3. The predicted molar refractivity (Wildman–Crippen MR) is 110 cm³/mol. The molecule has 9 heteroatoms. The maximum absolute atomic E-state index is 13.0. The normalized spacial score (nSPS) is 13.8. The lowest BCUT2D eigenvalue weighted by atomic mass is 10.1. The summed E-state index contributed by atoms with van der Waals surface area (Å²) in [6, 6.07) is 8.60. The highest BCUT2D eigenvalue weighted by Crippen LogP contribution is 2.36. The molecule has 7 nitrogen and oxygen atoms in total. The van der Waals surface area contributed by atoms with Crippen LogP contribution in [0.25, 0.3) is 0 Å². The fraction of sp³-hybridized carbons (Fsp3) is 0.300. The Morgan fingerprint density at radius 1 is 0.966 bits per heavy atom. The van der Waals surface area contributed by atoms with Gasteiger partial charge in [-0.05, 0) is 52.3 Å². The molecular weight excluding hydrogens is 445 g/mol. The molecule has 154 valence electrons. The summed E-state index contributed by atoms with van der Waals surface area (Å²) in [5, 5.41) is 2.73. The molecule has 3 rings (SSSR count). The van der Waals surface area contributed by atoms with Gasteiger partial charge in [0, 0.05) is 37.4 Å². The molecule has 2 aromatic rings. The van der Waals surface area contributed by atoms with E-state index in [0.29, 0.717) is 53.4 Å². The standard InChI is InChI=1S/C20H21BrFN3O4/c1-28-16-11-13(12-17(29-2)18(16)21)19(26)24-7-9-25(10-8-24)20(27)23-15-5-3-14(22)4-6-15/h3-6,11-12H,7-10H2,1-2H3,(H,23,27). The summed E-state index contributed by atoms with van der Waals surface area (Å²) < 4.78 is 24.2. The first kappa shape index (κ1) is 20.9. The van der Waals surface area contributed by atoms with E-state index in [9.17, 15) is 14.0 Å². The SMILES string of the molecule is COc1cc(C(=O)N2CCN(C(=O)Nc3ccc(F)cc3)CC2)cc(OC)c1Br. The molecule has 1 aliphatic heterocycles. The van der Waals surface area contributed by atoms with Crippen molar-refractivity contribution in [3.63, 3.8) is 0 Å². The molecule has 0 saturated carbocycles. The molecule has 3 amide bonds. The van der Waals surface area contributed by atoms with Crippen molar-refractivity contribution in [2.24, 2.45) is 0 Å². The van der Waals surface area contributed by atoms with Gasteiger partial charge in [-0.2, -0.15) is 0 Å². The number of benzene rings is 2. The van der Waals surface area contributed by atoms with E-state index in [1.165, 1.54) is 38.5 Å². The quantitative estimate of drug-likeness (QED) is 0.748. The molecule has 0 radical (unpaired) electrons. The summed E-state index contributed by atoms with van der Waals surface area (Å²) in [4.78, 5) is 28.6. The lowest BCUT2D eigenvalue weighted by Gasteiger charge is -2.34. The van der Waals surface area contributed by atoms with E-state index in [1.54, 1.807) is 21.9 Å². The Hall–Kier alpha value is -2.81. The summed E-state index contributed by atoms with van der Waals surface area (Å²) in [7, 11) is 3.04. The Balaban J connectivity index is 1.62. The lowest BCUT2D eigenvalue weighted by molar-refractivity contribution is 0.0671. The maximum Gasteiger partial charge on any atom is 0.321 e. The average molecular weight is 466 g/mol. The molecule has 1 aliphatic rings. The van der Waals surface area contributed by atoms with Crippen molar-refractivity contribution in [3.05, 3.63) is 52.3 Å². The van der Waals surface area contributed by atoms with Crippen molar-refractivity contribution >= 4 is 33.6 Å². The number of nitrogens with zero attached hydrogens (tertiary/aromatic N) is 2. The molecule has 1 fully saturated rings. The Morgan fingerprint density at radius 3 is 2.00 bits per heavy atom. The minimum Gasteiger partial charge on any atom is -0.495 e. The van der Waals surface area contributed by atoms with Crippen LogP contribution in [-0.4, -0.2) is 62.1 Å². The van der Waals surface area contributed by atoms with Crippen LogP contribution in [-0.2, 0) is 0 Å². The number of urea groups is 1. The summed E-state index contributed by atoms with van der Waals surface area (Å²) in [6.07, 6.45) is 0. The van der Waals surface area contributed by atoms with E-state index >= 15 is 0 Å². The van der Waals surface area contributed by atoms with Gasteiger partial charge in [0.15, 0.2) is 0 Å². The number of ether oxygens (including phenoxy) is 2. The van der Waals surface area contributed by atoms with Crippen molar-refractivity contribution < 1.29 is 23.5 Å². The third kappa shape index (κ3) is 4.79. The number of nitrogens with one attached hydrogen (secondary N) is 1. The van der Waals surface area contributed by atoms with E-state index in [4.69, 9.17) is 9.47 Å². The first-order valence-electron chi connectivity index (χ1n) is 8.95. The Labute approximate surface area is 176 Å². The van der Waals surface area contributed by atoms with Gasteiger partial charge in [0.25, 0.3) is 5.91 Å². The number of carbonyl (C=O) groups is 2. The number of piperazine rings is 1. The van der Waals surface area contributed by atoms with Crippen LogP contribution < -0.4 is 14.8 Å². The monoisotopic (exact) mass is 465 g/mol. The molecule has 1 saturated heterocycles. The molecule has 0 spiro atoms. The minimum absolute atomic E-state index is 0.160. The van der Waals surface area contributed by atoms with Gasteiger partial charge in [-0.25, -0.2) is 9.18 Å². The first-order valence-corrected chi connectivity index (χ1v) is 9.74. The fourth-order valence-corrected chi connectivity index (χ4v) is 3.58. The largest absolute Gasteiger partial charge is 0.495 e. The average Bonchev–Trinajstić information content (AvgIpc) is 2.75. The molecule has 2 aromatic carbocycles. The van der Waals surface area contributed by atoms with Crippen LogP contribution in [0.15, 0.2) is 40.9 Å². The highest BCUT2D eigenvalue weighted by Gasteiger charge is 2.26. The van der Waals surface area contributed by atoms with E-state index in [0.717, 1.165) is 0 Å². The number of hydrogen-bond donors (Lipinski definition) is 1. The van der Waals surface area contributed by atoms with Gasteiger partial charge in [0.2, 0.25) is 0 Å². The zero-order chi connectivity index (χ0) is 21.0. The Morgan fingerprint density at radius 2 is 1.48 bits per heavy atom. The van der Waals surface area contributed by atoms with Gasteiger partial charge in [0.1, 0.15) is 21.8 Å². The van der Waals surface area contributed by atoms with Crippen LogP contribution in [0.5, 0.6) is 11.5 Å². The zero-order valence-electron chi connectivity index (χ0n) is 16.1. The fourth-order valence-electron chi connectivity index (χ4n) is 3.02.